The number of ether oxygens (including phenoxy) is 2. The van der Waals surface area contributed by atoms with Crippen molar-refractivity contribution in [2.75, 3.05) is 27.3 Å². The van der Waals surface area contributed by atoms with Crippen LogP contribution in [0.5, 0.6) is 5.75 Å². The summed E-state index contributed by atoms with van der Waals surface area (Å²) < 4.78 is 13.2. The fourth-order valence-corrected chi connectivity index (χ4v) is 6.57. The number of carbonyl (C=O) groups excluding carboxylic acids is 1. The lowest BCUT2D eigenvalue weighted by atomic mass is 9.80. The second kappa shape index (κ2) is 10.9. The number of methoxy groups -OCH3 is 2. The highest BCUT2D eigenvalue weighted by Gasteiger charge is 2.36. The number of aromatic nitrogens is 2. The molecule has 0 bridgehead atoms. The van der Waals surface area contributed by atoms with Gasteiger partial charge in [-0.2, -0.15) is 0 Å². The summed E-state index contributed by atoms with van der Waals surface area (Å²) in [6.45, 7) is 8.36. The maximum atomic E-state index is 13.6. The van der Waals surface area contributed by atoms with Crippen LogP contribution in [0, 0.1) is 19.8 Å². The van der Waals surface area contributed by atoms with E-state index in [0.29, 0.717) is 40.6 Å². The summed E-state index contributed by atoms with van der Waals surface area (Å²) in [6.07, 6.45) is 5.19. The van der Waals surface area contributed by atoms with E-state index < -0.39 is 0 Å². The second-order valence-electron chi connectivity index (χ2n) is 11.0. The van der Waals surface area contributed by atoms with E-state index in [2.05, 4.69) is 32.8 Å². The van der Waals surface area contributed by atoms with Crippen molar-refractivity contribution < 1.29 is 14.3 Å². The molecule has 0 radical (unpaired) electrons. The Morgan fingerprint density at radius 3 is 2.53 bits per heavy atom. The standard InChI is InChI=1S/C30H40N4O4/c1-18-14-27(38-5)25(29(35)32-18)15-31-30(36)28-20(3)34(26-9-7-6-8-24(26)28)19(2)21-10-12-22(13-11-21)33-16-23(17-33)37-4/h6-9,14,19,21-23H,10-13,15-17H2,1-5H3,(H,31,36)(H,32,35)/t19-,21?,22?/m1/s1. The minimum Gasteiger partial charge on any atom is -0.496 e. The maximum absolute atomic E-state index is 13.6. The van der Waals surface area contributed by atoms with E-state index in [4.69, 9.17) is 9.47 Å². The molecule has 3 aromatic rings. The molecule has 1 aromatic carbocycles. The number of amides is 1. The van der Waals surface area contributed by atoms with Crippen LogP contribution in [0.25, 0.3) is 10.9 Å². The number of nitrogens with zero attached hydrogens (tertiary/aromatic N) is 2. The number of H-pyrrole nitrogens is 1. The third-order valence-electron chi connectivity index (χ3n) is 8.82. The van der Waals surface area contributed by atoms with Crippen molar-refractivity contribution in [2.24, 2.45) is 5.92 Å². The predicted molar refractivity (Wildman–Crippen MR) is 149 cm³/mol. The number of nitrogens with one attached hydrogen (secondary N) is 2. The number of aryl methyl sites for hydroxylation is 1. The van der Waals surface area contributed by atoms with Gasteiger partial charge in [-0.1, -0.05) is 18.2 Å². The predicted octanol–water partition coefficient (Wildman–Crippen LogP) is 4.34. The average molecular weight is 521 g/mol. The summed E-state index contributed by atoms with van der Waals surface area (Å²) >= 11 is 0. The Morgan fingerprint density at radius 2 is 1.84 bits per heavy atom. The SMILES string of the molecule is COc1cc(C)[nH]c(=O)c1CNC(=O)c1c(C)n([C@H](C)C2CCC(N3CC(OC)C3)CC2)c2ccccc12. The van der Waals surface area contributed by atoms with Crippen LogP contribution in [-0.4, -0.2) is 59.8 Å². The van der Waals surface area contributed by atoms with Crippen molar-refractivity contribution in [1.29, 1.82) is 0 Å². The summed E-state index contributed by atoms with van der Waals surface area (Å²) in [7, 11) is 3.34. The van der Waals surface area contributed by atoms with Crippen LogP contribution in [-0.2, 0) is 11.3 Å². The number of fused-ring (bicyclic) bond motifs is 1. The Kier molecular flexibility index (Phi) is 7.63. The molecule has 2 aliphatic rings. The summed E-state index contributed by atoms with van der Waals surface area (Å²) in [4.78, 5) is 31.5. The molecule has 0 unspecified atom stereocenters. The number of hydrogen-bond acceptors (Lipinski definition) is 5. The van der Waals surface area contributed by atoms with Crippen molar-refractivity contribution >= 4 is 16.8 Å². The van der Waals surface area contributed by atoms with Crippen LogP contribution in [0.4, 0.5) is 0 Å². The largest absolute Gasteiger partial charge is 0.496 e. The Bertz CT molecular complexity index is 1360. The molecule has 2 fully saturated rings. The number of carbonyl (C=O) groups is 1. The van der Waals surface area contributed by atoms with Gasteiger partial charge in [-0.05, 0) is 64.5 Å². The number of para-hydroxylation sites is 1. The Morgan fingerprint density at radius 1 is 1.13 bits per heavy atom. The van der Waals surface area contributed by atoms with Gasteiger partial charge in [-0.15, -0.1) is 0 Å². The van der Waals surface area contributed by atoms with Gasteiger partial charge in [-0.25, -0.2) is 0 Å². The molecule has 1 saturated carbocycles. The molecule has 2 N–H and O–H groups in total. The van der Waals surface area contributed by atoms with Crippen molar-refractivity contribution in [2.45, 2.75) is 71.2 Å². The van der Waals surface area contributed by atoms with E-state index >= 15 is 0 Å². The lowest BCUT2D eigenvalue weighted by Crippen LogP contribution is -2.56. The monoisotopic (exact) mass is 520 g/mol. The van der Waals surface area contributed by atoms with Gasteiger partial charge in [-0.3, -0.25) is 14.5 Å². The fourth-order valence-electron chi connectivity index (χ4n) is 6.57. The highest BCUT2D eigenvalue weighted by Crippen LogP contribution is 2.39. The first-order chi connectivity index (χ1) is 18.3. The quantitative estimate of drug-likeness (QED) is 0.462. The number of rotatable bonds is 8. The van der Waals surface area contributed by atoms with E-state index in [1.807, 2.05) is 25.1 Å². The highest BCUT2D eigenvalue weighted by atomic mass is 16.5. The van der Waals surface area contributed by atoms with Crippen LogP contribution < -0.4 is 15.6 Å². The molecule has 0 spiro atoms. The van der Waals surface area contributed by atoms with Crippen LogP contribution in [0.1, 0.15) is 66.0 Å². The Hall–Kier alpha value is -3.10. The number of hydrogen-bond donors (Lipinski definition) is 2. The van der Waals surface area contributed by atoms with Crippen molar-refractivity contribution in [3.05, 3.63) is 63.2 Å². The van der Waals surface area contributed by atoms with Gasteiger partial charge < -0.3 is 24.3 Å². The van der Waals surface area contributed by atoms with Gasteiger partial charge in [0.2, 0.25) is 0 Å². The van der Waals surface area contributed by atoms with Crippen LogP contribution in [0.15, 0.2) is 35.1 Å². The van der Waals surface area contributed by atoms with Crippen LogP contribution >= 0.6 is 0 Å². The smallest absolute Gasteiger partial charge is 0.256 e. The van der Waals surface area contributed by atoms with Crippen molar-refractivity contribution in [3.63, 3.8) is 0 Å². The first-order valence-electron chi connectivity index (χ1n) is 13.7. The zero-order chi connectivity index (χ0) is 27.0. The van der Waals surface area contributed by atoms with Gasteiger partial charge in [0.05, 0.1) is 30.9 Å². The van der Waals surface area contributed by atoms with E-state index in [1.165, 1.54) is 32.8 Å². The Labute approximate surface area is 224 Å². The van der Waals surface area contributed by atoms with Crippen molar-refractivity contribution in [3.8, 4) is 5.75 Å². The van der Waals surface area contributed by atoms with E-state index in [0.717, 1.165) is 29.7 Å². The maximum Gasteiger partial charge on any atom is 0.256 e. The molecular formula is C30H40N4O4. The molecule has 2 aromatic heterocycles. The normalized spacial score (nSPS) is 21.3. The minimum atomic E-state index is -0.249. The van der Waals surface area contributed by atoms with E-state index in [9.17, 15) is 9.59 Å². The molecule has 5 rings (SSSR count). The molecule has 38 heavy (non-hydrogen) atoms. The third-order valence-corrected chi connectivity index (χ3v) is 8.82. The van der Waals surface area contributed by atoms with Crippen molar-refractivity contribution in [1.82, 2.24) is 19.8 Å². The summed E-state index contributed by atoms with van der Waals surface area (Å²) in [5.41, 5.74) is 3.61. The molecule has 1 amide bonds. The first kappa shape index (κ1) is 26.5. The summed E-state index contributed by atoms with van der Waals surface area (Å²) in [5, 5.41) is 3.93. The lowest BCUT2D eigenvalue weighted by Gasteiger charge is -2.46. The first-order valence-corrected chi connectivity index (χ1v) is 13.7. The fraction of sp³-hybridized carbons (Fsp3) is 0.533. The number of pyridine rings is 1. The van der Waals surface area contributed by atoms with E-state index in [1.54, 1.807) is 20.1 Å². The van der Waals surface area contributed by atoms with Gasteiger partial charge in [0.1, 0.15) is 5.75 Å². The molecular weight excluding hydrogens is 480 g/mol. The van der Waals surface area contributed by atoms with Gasteiger partial charge in [0.25, 0.3) is 11.5 Å². The summed E-state index contributed by atoms with van der Waals surface area (Å²) in [6, 6.07) is 10.9. The third kappa shape index (κ3) is 4.87. The second-order valence-corrected chi connectivity index (χ2v) is 11.0. The van der Waals surface area contributed by atoms with Gasteiger partial charge in [0.15, 0.2) is 0 Å². The number of likely N-dealkylation sites (tertiary alicyclic amines) is 1. The van der Waals surface area contributed by atoms with Gasteiger partial charge >= 0.3 is 0 Å². The summed E-state index contributed by atoms with van der Waals surface area (Å²) in [5.74, 6) is 0.860. The minimum absolute atomic E-state index is 0.0938. The number of benzene rings is 1. The zero-order valence-electron chi connectivity index (χ0n) is 23.2. The molecule has 1 aliphatic heterocycles. The zero-order valence-corrected chi connectivity index (χ0v) is 23.2. The van der Waals surface area contributed by atoms with Crippen LogP contribution in [0.2, 0.25) is 0 Å². The van der Waals surface area contributed by atoms with Crippen LogP contribution in [0.3, 0.4) is 0 Å². The molecule has 1 atom stereocenters. The molecule has 204 valence electrons. The van der Waals surface area contributed by atoms with Gasteiger partial charge in [0, 0.05) is 54.6 Å². The molecule has 1 saturated heterocycles. The molecule has 1 aliphatic carbocycles. The highest BCUT2D eigenvalue weighted by molar-refractivity contribution is 6.08. The number of aromatic amines is 1. The topological polar surface area (TPSA) is 88.6 Å². The lowest BCUT2D eigenvalue weighted by molar-refractivity contribution is -0.0605. The molecule has 3 heterocycles. The molecule has 8 heteroatoms. The Balaban J connectivity index is 1.35. The van der Waals surface area contributed by atoms with E-state index in [-0.39, 0.29) is 24.1 Å². The molecule has 8 nitrogen and oxygen atoms in total. The average Bonchev–Trinajstić information content (AvgIpc) is 3.18.